The molecule has 0 radical (unpaired) electrons. The molecule has 7 rings (SSSR count). The summed E-state index contributed by atoms with van der Waals surface area (Å²) in [6.45, 7) is 1.40. The third-order valence-electron chi connectivity index (χ3n) is 7.95. The highest BCUT2D eigenvalue weighted by Crippen LogP contribution is 2.40. The van der Waals surface area contributed by atoms with Crippen molar-refractivity contribution in [3.8, 4) is 11.1 Å². The predicted octanol–water partition coefficient (Wildman–Crippen LogP) is 8.50. The van der Waals surface area contributed by atoms with E-state index in [0.29, 0.717) is 34.9 Å². The van der Waals surface area contributed by atoms with E-state index in [9.17, 15) is 9.59 Å². The second kappa shape index (κ2) is 10.9. The molecule has 1 N–H and O–H groups in total. The van der Waals surface area contributed by atoms with Crippen molar-refractivity contribution in [2.24, 2.45) is 0 Å². The van der Waals surface area contributed by atoms with Crippen molar-refractivity contribution >= 4 is 50.5 Å². The molecule has 6 aromatic carbocycles. The number of carbonyl (C=O) groups excluding carboxylic acids is 2. The van der Waals surface area contributed by atoms with Crippen LogP contribution in [0.4, 0.5) is 5.69 Å². The van der Waals surface area contributed by atoms with Gasteiger partial charge in [0.05, 0.1) is 12.2 Å². The molecule has 4 nitrogen and oxygen atoms in total. The van der Waals surface area contributed by atoms with Crippen molar-refractivity contribution in [1.82, 2.24) is 4.90 Å². The Morgan fingerprint density at radius 1 is 0.690 bits per heavy atom. The number of ketones is 1. The number of nitrogens with zero attached hydrogens (tertiary/aromatic N) is 1. The van der Waals surface area contributed by atoms with Crippen LogP contribution in [0.5, 0.6) is 0 Å². The first-order valence-electron chi connectivity index (χ1n) is 14.0. The SMILES string of the molecule is O=C(CN1Cc2cc3ccccc3cc2-c2c(ccc3ccccc23)C1)Nc1ccc(Cl)cc1C(=O)c1ccccc1. The zero-order chi connectivity index (χ0) is 28.6. The van der Waals surface area contributed by atoms with E-state index in [1.54, 1.807) is 30.3 Å². The van der Waals surface area contributed by atoms with Gasteiger partial charge in [-0.2, -0.15) is 0 Å². The van der Waals surface area contributed by atoms with E-state index in [1.807, 2.05) is 18.2 Å². The maximum Gasteiger partial charge on any atom is 0.238 e. The first-order chi connectivity index (χ1) is 20.5. The zero-order valence-corrected chi connectivity index (χ0v) is 23.6. The maximum atomic E-state index is 13.5. The highest BCUT2D eigenvalue weighted by Gasteiger charge is 2.24. The van der Waals surface area contributed by atoms with Gasteiger partial charge in [0.25, 0.3) is 0 Å². The number of rotatable bonds is 5. The number of carbonyl (C=O) groups is 2. The Morgan fingerprint density at radius 3 is 2.19 bits per heavy atom. The molecule has 0 bridgehead atoms. The molecule has 0 aromatic heterocycles. The molecule has 204 valence electrons. The molecule has 0 saturated carbocycles. The van der Waals surface area contributed by atoms with Crippen LogP contribution in [-0.4, -0.2) is 23.1 Å². The van der Waals surface area contributed by atoms with Crippen molar-refractivity contribution in [3.05, 3.63) is 149 Å². The summed E-state index contributed by atoms with van der Waals surface area (Å²) < 4.78 is 0. The summed E-state index contributed by atoms with van der Waals surface area (Å²) in [6.07, 6.45) is 0. The molecule has 6 aromatic rings. The minimum atomic E-state index is -0.190. The van der Waals surface area contributed by atoms with Crippen LogP contribution in [0.15, 0.2) is 121 Å². The second-order valence-electron chi connectivity index (χ2n) is 10.8. The van der Waals surface area contributed by atoms with E-state index < -0.39 is 0 Å². The third kappa shape index (κ3) is 4.96. The molecule has 0 saturated heterocycles. The van der Waals surface area contributed by atoms with Gasteiger partial charge in [0, 0.05) is 29.2 Å². The van der Waals surface area contributed by atoms with Crippen LogP contribution in [0.2, 0.25) is 5.02 Å². The summed E-state index contributed by atoms with van der Waals surface area (Å²) in [6, 6.07) is 39.8. The Bertz CT molecular complexity index is 2000. The first-order valence-corrected chi connectivity index (χ1v) is 14.4. The largest absolute Gasteiger partial charge is 0.324 e. The molecular formula is C37H27ClN2O2. The quantitative estimate of drug-likeness (QED) is 0.213. The van der Waals surface area contributed by atoms with Crippen molar-refractivity contribution in [2.45, 2.75) is 13.1 Å². The summed E-state index contributed by atoms with van der Waals surface area (Å²) in [5.41, 5.74) is 6.15. The average molecular weight is 567 g/mol. The topological polar surface area (TPSA) is 49.4 Å². The highest BCUT2D eigenvalue weighted by molar-refractivity contribution is 6.31. The highest BCUT2D eigenvalue weighted by atomic mass is 35.5. The monoisotopic (exact) mass is 566 g/mol. The fourth-order valence-electron chi connectivity index (χ4n) is 6.02. The van der Waals surface area contributed by atoms with Crippen LogP contribution in [0.25, 0.3) is 32.7 Å². The predicted molar refractivity (Wildman–Crippen MR) is 171 cm³/mol. The van der Waals surface area contributed by atoms with Crippen molar-refractivity contribution < 1.29 is 9.59 Å². The molecule has 1 amide bonds. The van der Waals surface area contributed by atoms with Gasteiger partial charge in [0.15, 0.2) is 5.78 Å². The van der Waals surface area contributed by atoms with Crippen LogP contribution < -0.4 is 5.32 Å². The standard InChI is InChI=1S/C37H27ClN2O2/c38-30-16-17-34(33(20-30)37(42)25-9-2-1-3-10-25)39-35(41)23-40-21-28-15-14-24-8-6-7-13-31(24)36(28)32-19-27-12-5-4-11-26(27)18-29(32)22-40/h1-20H,21-23H2,(H,39,41). The van der Waals surface area contributed by atoms with Crippen LogP contribution in [0.1, 0.15) is 27.0 Å². The summed E-state index contributed by atoms with van der Waals surface area (Å²) >= 11 is 6.26. The minimum absolute atomic E-state index is 0.167. The Hall–Kier alpha value is -4.77. The number of fused-ring (bicyclic) bond motifs is 6. The number of halogens is 1. The third-order valence-corrected chi connectivity index (χ3v) is 8.18. The van der Waals surface area contributed by atoms with Crippen molar-refractivity contribution in [3.63, 3.8) is 0 Å². The number of hydrogen-bond donors (Lipinski definition) is 1. The molecular weight excluding hydrogens is 540 g/mol. The zero-order valence-electron chi connectivity index (χ0n) is 22.8. The lowest BCUT2D eigenvalue weighted by atomic mass is 9.90. The molecule has 1 aliphatic rings. The number of benzene rings is 6. The lowest BCUT2D eigenvalue weighted by Gasteiger charge is -2.21. The van der Waals surface area contributed by atoms with E-state index in [4.69, 9.17) is 11.6 Å². The number of amides is 1. The molecule has 1 aliphatic heterocycles. The average Bonchev–Trinajstić information content (AvgIpc) is 3.16. The summed E-state index contributed by atoms with van der Waals surface area (Å²) in [4.78, 5) is 29.0. The lowest BCUT2D eigenvalue weighted by molar-refractivity contribution is -0.117. The van der Waals surface area contributed by atoms with Gasteiger partial charge in [-0.05, 0) is 74.1 Å². The molecule has 42 heavy (non-hydrogen) atoms. The van der Waals surface area contributed by atoms with E-state index in [2.05, 4.69) is 83.0 Å². The Labute approximate surface area is 249 Å². The van der Waals surface area contributed by atoms with Gasteiger partial charge >= 0.3 is 0 Å². The fourth-order valence-corrected chi connectivity index (χ4v) is 6.19. The van der Waals surface area contributed by atoms with Crippen LogP contribution >= 0.6 is 11.6 Å². The van der Waals surface area contributed by atoms with Crippen LogP contribution in [0.3, 0.4) is 0 Å². The van der Waals surface area contributed by atoms with E-state index >= 15 is 0 Å². The molecule has 0 spiro atoms. The fraction of sp³-hybridized carbons (Fsp3) is 0.0811. The summed E-state index contributed by atoms with van der Waals surface area (Å²) in [5, 5.41) is 8.22. The van der Waals surface area contributed by atoms with Crippen LogP contribution in [0, 0.1) is 0 Å². The van der Waals surface area contributed by atoms with Crippen molar-refractivity contribution in [1.29, 1.82) is 0 Å². The molecule has 0 fully saturated rings. The van der Waals surface area contributed by atoms with Gasteiger partial charge in [-0.25, -0.2) is 0 Å². The van der Waals surface area contributed by atoms with Gasteiger partial charge in [-0.15, -0.1) is 0 Å². The number of nitrogens with one attached hydrogen (secondary N) is 1. The minimum Gasteiger partial charge on any atom is -0.324 e. The Kier molecular flexibility index (Phi) is 6.79. The molecule has 0 aliphatic carbocycles. The number of hydrogen-bond acceptors (Lipinski definition) is 3. The van der Waals surface area contributed by atoms with Gasteiger partial charge in [0.2, 0.25) is 5.91 Å². The summed E-state index contributed by atoms with van der Waals surface area (Å²) in [5.74, 6) is -0.379. The maximum absolute atomic E-state index is 13.5. The number of anilines is 1. The smallest absolute Gasteiger partial charge is 0.238 e. The van der Waals surface area contributed by atoms with Gasteiger partial charge in [0.1, 0.15) is 0 Å². The van der Waals surface area contributed by atoms with Crippen molar-refractivity contribution in [2.75, 3.05) is 11.9 Å². The molecule has 0 atom stereocenters. The van der Waals surface area contributed by atoms with E-state index in [-0.39, 0.29) is 18.2 Å². The van der Waals surface area contributed by atoms with Gasteiger partial charge < -0.3 is 5.32 Å². The normalized spacial score (nSPS) is 12.9. The second-order valence-corrected chi connectivity index (χ2v) is 11.2. The first kappa shape index (κ1) is 26.1. The molecule has 5 heteroatoms. The van der Waals surface area contributed by atoms with E-state index in [1.165, 1.54) is 43.8 Å². The van der Waals surface area contributed by atoms with Gasteiger partial charge in [-0.1, -0.05) is 103 Å². The molecule has 1 heterocycles. The summed E-state index contributed by atoms with van der Waals surface area (Å²) in [7, 11) is 0. The van der Waals surface area contributed by atoms with E-state index in [0.717, 1.165) is 0 Å². The van der Waals surface area contributed by atoms with Gasteiger partial charge in [-0.3, -0.25) is 14.5 Å². The Balaban J connectivity index is 1.23. The lowest BCUT2D eigenvalue weighted by Crippen LogP contribution is -2.32. The van der Waals surface area contributed by atoms with Crippen LogP contribution in [-0.2, 0) is 17.9 Å². The molecule has 0 unspecified atom stereocenters. The Morgan fingerprint density at radius 2 is 1.38 bits per heavy atom.